The summed E-state index contributed by atoms with van der Waals surface area (Å²) in [4.78, 5) is 19.8. The molecule has 3 aromatic carbocycles. The lowest BCUT2D eigenvalue weighted by Gasteiger charge is -2.35. The number of ether oxygens (including phenoxy) is 1. The summed E-state index contributed by atoms with van der Waals surface area (Å²) in [6.07, 6.45) is 0.873. The molecule has 0 saturated carbocycles. The first-order chi connectivity index (χ1) is 17.1. The van der Waals surface area contributed by atoms with Gasteiger partial charge in [-0.15, -0.1) is 0 Å². The minimum atomic E-state index is -0.469. The van der Waals surface area contributed by atoms with Gasteiger partial charge in [0, 0.05) is 11.3 Å². The maximum absolute atomic E-state index is 13.4. The molecule has 7 nitrogen and oxygen atoms in total. The quantitative estimate of drug-likeness (QED) is 0.376. The molecule has 0 saturated heterocycles. The van der Waals surface area contributed by atoms with E-state index in [1.165, 1.54) is 0 Å². The lowest BCUT2D eigenvalue weighted by Crippen LogP contribution is -2.46. The Morgan fingerprint density at radius 3 is 2.51 bits per heavy atom. The molecular weight excluding hydrogens is 440 g/mol. The smallest absolute Gasteiger partial charge is 0.326 e. The summed E-state index contributed by atoms with van der Waals surface area (Å²) in [5, 5.41) is 7.37. The highest BCUT2D eigenvalue weighted by molar-refractivity contribution is 6.01. The van der Waals surface area contributed by atoms with Crippen molar-refractivity contribution >= 4 is 17.3 Å². The molecule has 1 aliphatic rings. The summed E-state index contributed by atoms with van der Waals surface area (Å²) in [5.41, 5.74) is 5.14. The molecule has 0 bridgehead atoms. The molecule has 0 radical (unpaired) electrons. The first-order valence-corrected chi connectivity index (χ1v) is 11.5. The van der Waals surface area contributed by atoms with Gasteiger partial charge in [-0.25, -0.2) is 4.79 Å². The van der Waals surface area contributed by atoms with E-state index in [0.717, 1.165) is 45.8 Å². The van der Waals surface area contributed by atoms with Crippen LogP contribution in [0.25, 0.3) is 17.0 Å². The van der Waals surface area contributed by atoms with Crippen molar-refractivity contribution in [3.8, 4) is 17.1 Å². The predicted molar refractivity (Wildman–Crippen MR) is 135 cm³/mol. The summed E-state index contributed by atoms with van der Waals surface area (Å²) in [5.74, 6) is 1.59. The lowest BCUT2D eigenvalue weighted by molar-refractivity contribution is 0.244. The van der Waals surface area contributed by atoms with Gasteiger partial charge >= 0.3 is 6.03 Å². The zero-order chi connectivity index (χ0) is 24.4. The first kappa shape index (κ1) is 22.4. The predicted octanol–water partition coefficient (Wildman–Crippen LogP) is 6.01. The molecule has 4 aromatic rings. The Labute approximate surface area is 204 Å². The van der Waals surface area contributed by atoms with Crippen LogP contribution in [0.2, 0.25) is 0 Å². The SMILES string of the molecule is CCc1cccc(N2C(=O)NC(c3ccc(OC)cc3)C(c3nc(-c4ccccc4)no3)=C2C)c1. The van der Waals surface area contributed by atoms with Crippen LogP contribution in [-0.2, 0) is 6.42 Å². The Bertz CT molecular complexity index is 1380. The molecule has 0 fully saturated rings. The summed E-state index contributed by atoms with van der Waals surface area (Å²) >= 11 is 0. The van der Waals surface area contributed by atoms with Crippen molar-refractivity contribution in [2.75, 3.05) is 12.0 Å². The van der Waals surface area contributed by atoms with Crippen LogP contribution >= 0.6 is 0 Å². The Balaban J connectivity index is 1.65. The van der Waals surface area contributed by atoms with Gasteiger partial charge in [-0.2, -0.15) is 4.98 Å². The van der Waals surface area contributed by atoms with Gasteiger partial charge in [-0.1, -0.05) is 66.7 Å². The molecular formula is C28H26N4O3. The number of hydrogen-bond donors (Lipinski definition) is 1. The van der Waals surface area contributed by atoms with Crippen LogP contribution in [-0.4, -0.2) is 23.3 Å². The minimum absolute atomic E-state index is 0.219. The number of methoxy groups -OCH3 is 1. The van der Waals surface area contributed by atoms with Crippen molar-refractivity contribution in [2.45, 2.75) is 26.3 Å². The van der Waals surface area contributed by atoms with E-state index >= 15 is 0 Å². The molecule has 1 aromatic heterocycles. The van der Waals surface area contributed by atoms with Gasteiger partial charge in [0.2, 0.25) is 5.82 Å². The van der Waals surface area contributed by atoms with Gasteiger partial charge in [0.25, 0.3) is 5.89 Å². The number of hydrogen-bond acceptors (Lipinski definition) is 5. The van der Waals surface area contributed by atoms with Crippen LogP contribution in [0, 0.1) is 0 Å². The van der Waals surface area contributed by atoms with E-state index in [4.69, 9.17) is 14.2 Å². The highest BCUT2D eigenvalue weighted by Gasteiger charge is 2.36. The number of allylic oxidation sites excluding steroid dienone is 1. The molecule has 35 heavy (non-hydrogen) atoms. The van der Waals surface area contributed by atoms with Crippen LogP contribution in [0.15, 0.2) is 89.1 Å². The number of nitrogens with one attached hydrogen (secondary N) is 1. The number of nitrogens with zero attached hydrogens (tertiary/aromatic N) is 3. The Morgan fingerprint density at radius 1 is 1.03 bits per heavy atom. The Kier molecular flexibility index (Phi) is 6.06. The fourth-order valence-corrected chi connectivity index (χ4v) is 4.33. The number of urea groups is 1. The number of rotatable bonds is 6. The average Bonchev–Trinajstić information content (AvgIpc) is 3.39. The van der Waals surface area contributed by atoms with E-state index in [1.54, 1.807) is 12.0 Å². The van der Waals surface area contributed by atoms with E-state index in [9.17, 15) is 4.79 Å². The minimum Gasteiger partial charge on any atom is -0.497 e. The van der Waals surface area contributed by atoms with Crippen LogP contribution in [0.5, 0.6) is 5.75 Å². The Hall–Kier alpha value is -4.39. The summed E-state index contributed by atoms with van der Waals surface area (Å²) in [6.45, 7) is 4.00. The number of carbonyl (C=O) groups is 1. The topological polar surface area (TPSA) is 80.5 Å². The van der Waals surface area contributed by atoms with Gasteiger partial charge in [-0.3, -0.25) is 4.90 Å². The van der Waals surface area contributed by atoms with E-state index < -0.39 is 6.04 Å². The molecule has 5 rings (SSSR count). The third-order valence-corrected chi connectivity index (χ3v) is 6.20. The van der Waals surface area contributed by atoms with Crippen molar-refractivity contribution in [3.05, 3.63) is 102 Å². The van der Waals surface area contributed by atoms with E-state index in [2.05, 4.69) is 23.5 Å². The van der Waals surface area contributed by atoms with Gasteiger partial charge in [0.1, 0.15) is 5.75 Å². The van der Waals surface area contributed by atoms with Crippen LogP contribution in [0.1, 0.15) is 36.9 Å². The maximum Gasteiger partial charge on any atom is 0.326 e. The standard InChI is InChI=1S/C28H26N4O3/c1-4-19-9-8-12-22(17-19)32-18(2)24(27-30-26(31-35-27)21-10-6-5-7-11-21)25(29-28(32)33)20-13-15-23(34-3)16-14-20/h5-17,25H,4H2,1-3H3,(H,29,33). The van der Waals surface area contributed by atoms with Crippen molar-refractivity contribution in [2.24, 2.45) is 0 Å². The van der Waals surface area contributed by atoms with Crippen molar-refractivity contribution in [1.29, 1.82) is 0 Å². The third kappa shape index (κ3) is 4.28. The largest absolute Gasteiger partial charge is 0.497 e. The van der Waals surface area contributed by atoms with Crippen LogP contribution in [0.3, 0.4) is 0 Å². The molecule has 1 atom stereocenters. The monoisotopic (exact) mass is 466 g/mol. The summed E-state index contributed by atoms with van der Waals surface area (Å²) in [6, 6.07) is 24.5. The number of benzene rings is 3. The number of aromatic nitrogens is 2. The Morgan fingerprint density at radius 2 is 1.80 bits per heavy atom. The number of carbonyl (C=O) groups excluding carboxylic acids is 1. The zero-order valence-electron chi connectivity index (χ0n) is 19.9. The molecule has 1 N–H and O–H groups in total. The third-order valence-electron chi connectivity index (χ3n) is 6.20. The molecule has 1 unspecified atom stereocenters. The summed E-state index contributed by atoms with van der Waals surface area (Å²) < 4.78 is 11.1. The van der Waals surface area contributed by atoms with Crippen LogP contribution in [0.4, 0.5) is 10.5 Å². The number of aryl methyl sites for hydroxylation is 1. The van der Waals surface area contributed by atoms with Gasteiger partial charge in [-0.05, 0) is 48.7 Å². The van der Waals surface area contributed by atoms with E-state index in [-0.39, 0.29) is 6.03 Å². The van der Waals surface area contributed by atoms with Gasteiger partial charge in [0.15, 0.2) is 0 Å². The van der Waals surface area contributed by atoms with Crippen LogP contribution < -0.4 is 15.0 Å². The average molecular weight is 467 g/mol. The van der Waals surface area contributed by atoms with Crippen molar-refractivity contribution < 1.29 is 14.1 Å². The van der Waals surface area contributed by atoms with E-state index in [0.29, 0.717) is 11.7 Å². The molecule has 0 spiro atoms. The molecule has 1 aliphatic heterocycles. The van der Waals surface area contributed by atoms with E-state index in [1.807, 2.05) is 79.7 Å². The first-order valence-electron chi connectivity index (χ1n) is 11.5. The highest BCUT2D eigenvalue weighted by Crippen LogP contribution is 2.39. The summed E-state index contributed by atoms with van der Waals surface area (Å²) in [7, 11) is 1.62. The normalized spacial score (nSPS) is 15.8. The molecule has 2 amide bonds. The molecule has 0 aliphatic carbocycles. The highest BCUT2D eigenvalue weighted by atomic mass is 16.5. The van der Waals surface area contributed by atoms with Gasteiger partial charge in [0.05, 0.1) is 24.4 Å². The lowest BCUT2D eigenvalue weighted by atomic mass is 9.94. The van der Waals surface area contributed by atoms with Crippen molar-refractivity contribution in [1.82, 2.24) is 15.5 Å². The van der Waals surface area contributed by atoms with Gasteiger partial charge < -0.3 is 14.6 Å². The molecule has 7 heteroatoms. The second-order valence-corrected chi connectivity index (χ2v) is 8.30. The second kappa shape index (κ2) is 9.46. The molecule has 2 heterocycles. The number of anilines is 1. The van der Waals surface area contributed by atoms with Crippen molar-refractivity contribution in [3.63, 3.8) is 0 Å². The zero-order valence-corrected chi connectivity index (χ0v) is 19.9. The maximum atomic E-state index is 13.4. The fraction of sp³-hybridized carbons (Fsp3) is 0.179. The number of amides is 2. The fourth-order valence-electron chi connectivity index (χ4n) is 4.33. The second-order valence-electron chi connectivity index (χ2n) is 8.30. The molecule has 176 valence electrons.